The van der Waals surface area contributed by atoms with Gasteiger partial charge in [0.2, 0.25) is 0 Å². The molecule has 2 N–H and O–H groups in total. The first-order chi connectivity index (χ1) is 10.3. The molecule has 1 saturated heterocycles. The highest BCUT2D eigenvalue weighted by Gasteiger charge is 2.28. The van der Waals surface area contributed by atoms with E-state index in [1.54, 1.807) is 13.8 Å². The van der Waals surface area contributed by atoms with Gasteiger partial charge in [-0.05, 0) is 19.4 Å². The largest absolute Gasteiger partial charge is 0.365 e. The Bertz CT molecular complexity index is 602. The average molecular weight is 330 g/mol. The summed E-state index contributed by atoms with van der Waals surface area (Å²) in [6, 6.07) is 0. The average Bonchev–Trinajstić information content (AvgIpc) is 2.48. The van der Waals surface area contributed by atoms with E-state index in [2.05, 4.69) is 10.2 Å². The van der Waals surface area contributed by atoms with E-state index in [1.807, 2.05) is 4.90 Å². The number of hydrogen-bond acceptors (Lipinski definition) is 5. The van der Waals surface area contributed by atoms with Crippen LogP contribution < -0.4 is 10.6 Å². The van der Waals surface area contributed by atoms with Gasteiger partial charge in [0.25, 0.3) is 17.4 Å². The number of nitrogens with two attached hydrogens (primary N) is 1. The molecule has 0 radical (unpaired) electrons. The van der Waals surface area contributed by atoms with Crippen LogP contribution in [0.4, 0.5) is 10.2 Å². The SMILES string of the molecule is Cc1nnc(N2CCN(C(=O)C(F)Cl)CC2)c(C(N)=O)c1C. The number of piperazine rings is 1. The second-order valence-corrected chi connectivity index (χ2v) is 5.47. The van der Waals surface area contributed by atoms with E-state index < -0.39 is 17.4 Å². The molecule has 0 aromatic carbocycles. The summed E-state index contributed by atoms with van der Waals surface area (Å²) in [6.07, 6.45) is 0. The standard InChI is InChI=1S/C13H17ClFN5O2/c1-7-8(2)17-18-12(9(7)11(16)21)19-3-5-20(6-4-19)13(22)10(14)15/h10H,3-6H2,1-2H3,(H2,16,21). The maximum Gasteiger partial charge on any atom is 0.272 e. The highest BCUT2D eigenvalue weighted by atomic mass is 35.5. The molecule has 1 aromatic rings. The number of carbonyl (C=O) groups is 2. The van der Waals surface area contributed by atoms with Gasteiger partial charge in [-0.15, -0.1) is 5.10 Å². The van der Waals surface area contributed by atoms with Crippen LogP contribution in [-0.2, 0) is 4.79 Å². The minimum Gasteiger partial charge on any atom is -0.365 e. The number of carbonyl (C=O) groups excluding carboxylic acids is 2. The molecular weight excluding hydrogens is 313 g/mol. The molecule has 1 aliphatic rings. The number of nitrogens with zero attached hydrogens (tertiary/aromatic N) is 4. The van der Waals surface area contributed by atoms with E-state index in [9.17, 15) is 14.0 Å². The molecule has 2 rings (SSSR count). The molecule has 1 aliphatic heterocycles. The van der Waals surface area contributed by atoms with Gasteiger partial charge in [0, 0.05) is 26.2 Å². The van der Waals surface area contributed by atoms with Gasteiger partial charge < -0.3 is 15.5 Å². The number of aryl methyl sites for hydroxylation is 1. The predicted octanol–water partition coefficient (Wildman–Crippen LogP) is 0.375. The third kappa shape index (κ3) is 3.11. The van der Waals surface area contributed by atoms with Gasteiger partial charge in [-0.3, -0.25) is 9.59 Å². The summed E-state index contributed by atoms with van der Waals surface area (Å²) < 4.78 is 12.8. The molecule has 1 fully saturated rings. The first kappa shape index (κ1) is 16.4. The summed E-state index contributed by atoms with van der Waals surface area (Å²) in [4.78, 5) is 26.4. The lowest BCUT2D eigenvalue weighted by molar-refractivity contribution is -0.133. The van der Waals surface area contributed by atoms with Crippen LogP contribution in [-0.4, -0.2) is 58.7 Å². The van der Waals surface area contributed by atoms with E-state index in [1.165, 1.54) is 4.90 Å². The fourth-order valence-corrected chi connectivity index (χ4v) is 2.53. The number of rotatable bonds is 3. The fraction of sp³-hybridized carbons (Fsp3) is 0.538. The van der Waals surface area contributed by atoms with Crippen molar-refractivity contribution in [2.24, 2.45) is 5.73 Å². The first-order valence-corrected chi connectivity index (χ1v) is 7.22. The molecule has 7 nitrogen and oxygen atoms in total. The molecule has 1 unspecified atom stereocenters. The molecule has 9 heteroatoms. The third-order valence-corrected chi connectivity index (χ3v) is 3.95. The van der Waals surface area contributed by atoms with Crippen LogP contribution in [0.15, 0.2) is 0 Å². The summed E-state index contributed by atoms with van der Waals surface area (Å²) in [7, 11) is 0. The van der Waals surface area contributed by atoms with Crippen LogP contribution >= 0.6 is 11.6 Å². The van der Waals surface area contributed by atoms with Crippen molar-refractivity contribution in [3.63, 3.8) is 0 Å². The Kier molecular flexibility index (Phi) is 4.80. The summed E-state index contributed by atoms with van der Waals surface area (Å²) in [5.41, 5.74) is 5.05. The Morgan fingerprint density at radius 2 is 1.82 bits per heavy atom. The Morgan fingerprint density at radius 1 is 1.23 bits per heavy atom. The molecule has 1 aromatic heterocycles. The van der Waals surface area contributed by atoms with Gasteiger partial charge in [0.15, 0.2) is 5.82 Å². The number of primary amides is 1. The minimum atomic E-state index is -2.03. The van der Waals surface area contributed by atoms with Crippen molar-refractivity contribution in [3.05, 3.63) is 16.8 Å². The molecule has 2 amide bonds. The number of anilines is 1. The van der Waals surface area contributed by atoms with E-state index in [4.69, 9.17) is 17.3 Å². The highest BCUT2D eigenvalue weighted by molar-refractivity contribution is 6.29. The van der Waals surface area contributed by atoms with Crippen LogP contribution in [0.25, 0.3) is 0 Å². The van der Waals surface area contributed by atoms with Crippen molar-refractivity contribution in [2.45, 2.75) is 19.5 Å². The van der Waals surface area contributed by atoms with Gasteiger partial charge in [-0.2, -0.15) is 5.10 Å². The lowest BCUT2D eigenvalue weighted by atomic mass is 10.1. The van der Waals surface area contributed by atoms with E-state index in [-0.39, 0.29) is 0 Å². The van der Waals surface area contributed by atoms with Crippen molar-refractivity contribution < 1.29 is 14.0 Å². The number of alkyl halides is 2. The molecule has 1 atom stereocenters. The van der Waals surface area contributed by atoms with E-state index in [0.717, 1.165) is 0 Å². The maximum absolute atomic E-state index is 12.8. The van der Waals surface area contributed by atoms with Crippen LogP contribution in [0.3, 0.4) is 0 Å². The zero-order valence-electron chi connectivity index (χ0n) is 12.3. The molecule has 2 heterocycles. The van der Waals surface area contributed by atoms with Gasteiger partial charge in [-0.1, -0.05) is 11.6 Å². The van der Waals surface area contributed by atoms with E-state index >= 15 is 0 Å². The molecule has 22 heavy (non-hydrogen) atoms. The summed E-state index contributed by atoms with van der Waals surface area (Å²) in [5, 5.41) is 8.08. The lowest BCUT2D eigenvalue weighted by Gasteiger charge is -2.36. The zero-order valence-corrected chi connectivity index (χ0v) is 13.1. The van der Waals surface area contributed by atoms with Crippen LogP contribution in [0.2, 0.25) is 0 Å². The van der Waals surface area contributed by atoms with Crippen LogP contribution in [0.1, 0.15) is 21.6 Å². The van der Waals surface area contributed by atoms with Gasteiger partial charge >= 0.3 is 0 Å². The number of halogens is 2. The van der Waals surface area contributed by atoms with Crippen molar-refractivity contribution in [1.82, 2.24) is 15.1 Å². The summed E-state index contributed by atoms with van der Waals surface area (Å²) in [5.74, 6) is -0.929. The summed E-state index contributed by atoms with van der Waals surface area (Å²) >= 11 is 5.16. The zero-order chi connectivity index (χ0) is 16.4. The normalized spacial score (nSPS) is 16.5. The minimum absolute atomic E-state index is 0.290. The molecule has 0 spiro atoms. The molecule has 120 valence electrons. The number of hydrogen-bond donors (Lipinski definition) is 1. The molecule has 0 aliphatic carbocycles. The third-order valence-electron chi connectivity index (χ3n) is 3.76. The van der Waals surface area contributed by atoms with Crippen molar-refractivity contribution in [3.8, 4) is 0 Å². The van der Waals surface area contributed by atoms with Crippen molar-refractivity contribution in [2.75, 3.05) is 31.1 Å². The second kappa shape index (κ2) is 6.43. The quantitative estimate of drug-likeness (QED) is 0.809. The monoisotopic (exact) mass is 329 g/mol. The van der Waals surface area contributed by atoms with E-state index in [0.29, 0.717) is 48.8 Å². The number of aromatic nitrogens is 2. The topological polar surface area (TPSA) is 92.4 Å². The van der Waals surface area contributed by atoms with Crippen molar-refractivity contribution >= 4 is 29.2 Å². The summed E-state index contributed by atoms with van der Waals surface area (Å²) in [6.45, 7) is 4.88. The molecule has 0 bridgehead atoms. The fourth-order valence-electron chi connectivity index (χ4n) is 2.39. The predicted molar refractivity (Wildman–Crippen MR) is 79.6 cm³/mol. The Morgan fingerprint density at radius 3 is 2.32 bits per heavy atom. The van der Waals surface area contributed by atoms with Crippen molar-refractivity contribution in [1.29, 1.82) is 0 Å². The molecule has 0 saturated carbocycles. The maximum atomic E-state index is 12.8. The Labute approximate surface area is 132 Å². The highest BCUT2D eigenvalue weighted by Crippen LogP contribution is 2.23. The Balaban J connectivity index is 2.20. The van der Waals surface area contributed by atoms with Gasteiger partial charge in [0.1, 0.15) is 0 Å². The lowest BCUT2D eigenvalue weighted by Crippen LogP contribution is -2.51. The number of amides is 2. The molecular formula is C13H17ClFN5O2. The van der Waals surface area contributed by atoms with Gasteiger partial charge in [0.05, 0.1) is 11.3 Å². The van der Waals surface area contributed by atoms with Gasteiger partial charge in [-0.25, -0.2) is 4.39 Å². The second-order valence-electron chi connectivity index (χ2n) is 5.09. The first-order valence-electron chi connectivity index (χ1n) is 6.78. The van der Waals surface area contributed by atoms with Crippen LogP contribution in [0, 0.1) is 13.8 Å². The smallest absolute Gasteiger partial charge is 0.272 e. The van der Waals surface area contributed by atoms with Crippen LogP contribution in [0.5, 0.6) is 0 Å². The Hall–Kier alpha value is -1.96.